The van der Waals surface area contributed by atoms with E-state index in [1.54, 1.807) is 11.3 Å². The van der Waals surface area contributed by atoms with Crippen LogP contribution < -0.4 is 4.74 Å². The normalized spacial score (nSPS) is 17.9. The standard InChI is InChI=1S/C16H19NO2S/c1-10-11(2)20-16(17-10)9-19-13-7-6-12-4-3-5-15(18)14(12)8-13/h6-8,15,18H,3-5,9H2,1-2H3/t15-/m0/s1. The Morgan fingerprint density at radius 1 is 1.40 bits per heavy atom. The Hall–Kier alpha value is -1.39. The Morgan fingerprint density at radius 3 is 3.00 bits per heavy atom. The number of aryl methyl sites for hydroxylation is 3. The molecule has 0 fully saturated rings. The number of rotatable bonds is 3. The van der Waals surface area contributed by atoms with Crippen LogP contribution in [0, 0.1) is 13.8 Å². The largest absolute Gasteiger partial charge is 0.486 e. The van der Waals surface area contributed by atoms with Gasteiger partial charge in [-0.25, -0.2) is 4.98 Å². The zero-order valence-electron chi connectivity index (χ0n) is 11.8. The number of fused-ring (bicyclic) bond motifs is 1. The number of ether oxygens (including phenoxy) is 1. The lowest BCUT2D eigenvalue weighted by atomic mass is 9.89. The third kappa shape index (κ3) is 2.72. The molecule has 0 aliphatic heterocycles. The molecule has 0 bridgehead atoms. The summed E-state index contributed by atoms with van der Waals surface area (Å²) < 4.78 is 5.81. The molecule has 2 aromatic rings. The molecule has 0 spiro atoms. The number of hydrogen-bond donors (Lipinski definition) is 1. The number of hydrogen-bond acceptors (Lipinski definition) is 4. The molecule has 0 saturated heterocycles. The molecule has 4 heteroatoms. The number of aromatic nitrogens is 1. The Labute approximate surface area is 123 Å². The lowest BCUT2D eigenvalue weighted by molar-refractivity contribution is 0.156. The molecule has 3 nitrogen and oxygen atoms in total. The van der Waals surface area contributed by atoms with Crippen LogP contribution in [-0.2, 0) is 13.0 Å². The van der Waals surface area contributed by atoms with E-state index in [0.29, 0.717) is 6.61 Å². The van der Waals surface area contributed by atoms with Gasteiger partial charge in [0.2, 0.25) is 0 Å². The molecule has 1 N–H and O–H groups in total. The zero-order valence-corrected chi connectivity index (χ0v) is 12.7. The molecule has 0 saturated carbocycles. The molecule has 1 atom stereocenters. The van der Waals surface area contributed by atoms with Gasteiger partial charge in [0.05, 0.1) is 11.8 Å². The third-order valence-electron chi connectivity index (χ3n) is 3.84. The summed E-state index contributed by atoms with van der Waals surface area (Å²) in [6, 6.07) is 6.04. The minimum absolute atomic E-state index is 0.341. The molecule has 1 heterocycles. The fourth-order valence-electron chi connectivity index (χ4n) is 2.59. The van der Waals surface area contributed by atoms with E-state index in [4.69, 9.17) is 4.74 Å². The fourth-order valence-corrected chi connectivity index (χ4v) is 3.44. The maximum absolute atomic E-state index is 10.0. The van der Waals surface area contributed by atoms with Gasteiger partial charge in [0.25, 0.3) is 0 Å². The van der Waals surface area contributed by atoms with E-state index in [2.05, 4.69) is 18.0 Å². The Morgan fingerprint density at radius 2 is 2.25 bits per heavy atom. The minimum Gasteiger partial charge on any atom is -0.486 e. The van der Waals surface area contributed by atoms with Crippen LogP contribution in [0.1, 0.15) is 45.7 Å². The van der Waals surface area contributed by atoms with Crippen LogP contribution in [0.3, 0.4) is 0 Å². The van der Waals surface area contributed by atoms with Crippen LogP contribution in [-0.4, -0.2) is 10.1 Å². The topological polar surface area (TPSA) is 42.4 Å². The lowest BCUT2D eigenvalue weighted by Gasteiger charge is -2.21. The lowest BCUT2D eigenvalue weighted by Crippen LogP contribution is -2.09. The van der Waals surface area contributed by atoms with Gasteiger partial charge in [-0.2, -0.15) is 0 Å². The third-order valence-corrected chi connectivity index (χ3v) is 4.88. The van der Waals surface area contributed by atoms with Gasteiger partial charge >= 0.3 is 0 Å². The molecule has 0 amide bonds. The molecule has 20 heavy (non-hydrogen) atoms. The quantitative estimate of drug-likeness (QED) is 0.936. The first-order valence-electron chi connectivity index (χ1n) is 7.00. The van der Waals surface area contributed by atoms with Crippen molar-refractivity contribution in [2.24, 2.45) is 0 Å². The first-order chi connectivity index (χ1) is 9.63. The molecule has 1 aromatic carbocycles. The highest BCUT2D eigenvalue weighted by Crippen LogP contribution is 2.32. The summed E-state index contributed by atoms with van der Waals surface area (Å²) >= 11 is 1.68. The van der Waals surface area contributed by atoms with Gasteiger partial charge in [-0.15, -0.1) is 11.3 Å². The predicted molar refractivity (Wildman–Crippen MR) is 80.3 cm³/mol. The molecule has 1 aliphatic carbocycles. The maximum atomic E-state index is 10.0. The van der Waals surface area contributed by atoms with Crippen LogP contribution in [0.15, 0.2) is 18.2 Å². The van der Waals surface area contributed by atoms with E-state index >= 15 is 0 Å². The summed E-state index contributed by atoms with van der Waals surface area (Å²) in [4.78, 5) is 5.71. The van der Waals surface area contributed by atoms with Crippen molar-refractivity contribution in [2.45, 2.75) is 45.8 Å². The van der Waals surface area contributed by atoms with Gasteiger partial charge in [0, 0.05) is 4.88 Å². The van der Waals surface area contributed by atoms with Gasteiger partial charge < -0.3 is 9.84 Å². The highest BCUT2D eigenvalue weighted by Gasteiger charge is 2.18. The SMILES string of the molecule is Cc1nc(COc2ccc3c(c2)[C@@H](O)CCC3)sc1C. The predicted octanol–water partition coefficient (Wildman–Crippen LogP) is 3.71. The van der Waals surface area contributed by atoms with E-state index in [-0.39, 0.29) is 6.10 Å². The average molecular weight is 289 g/mol. The smallest absolute Gasteiger partial charge is 0.140 e. The Balaban J connectivity index is 1.73. The second-order valence-electron chi connectivity index (χ2n) is 5.31. The van der Waals surface area contributed by atoms with Crippen molar-refractivity contribution in [3.63, 3.8) is 0 Å². The summed E-state index contributed by atoms with van der Waals surface area (Å²) in [5.74, 6) is 0.815. The van der Waals surface area contributed by atoms with Crippen molar-refractivity contribution >= 4 is 11.3 Å². The van der Waals surface area contributed by atoms with Gasteiger partial charge in [-0.3, -0.25) is 0 Å². The molecule has 1 aromatic heterocycles. The van der Waals surface area contributed by atoms with Gasteiger partial charge in [-0.1, -0.05) is 6.07 Å². The van der Waals surface area contributed by atoms with E-state index in [1.807, 2.05) is 19.1 Å². The zero-order chi connectivity index (χ0) is 14.1. The average Bonchev–Trinajstić information content (AvgIpc) is 2.76. The minimum atomic E-state index is -0.341. The van der Waals surface area contributed by atoms with Crippen LogP contribution in [0.5, 0.6) is 5.75 Å². The Kier molecular flexibility index (Phi) is 3.76. The molecular weight excluding hydrogens is 270 g/mol. The summed E-state index contributed by atoms with van der Waals surface area (Å²) in [7, 11) is 0. The molecule has 3 rings (SSSR count). The van der Waals surface area contributed by atoms with Crippen molar-refractivity contribution in [1.29, 1.82) is 0 Å². The molecule has 0 radical (unpaired) electrons. The van der Waals surface area contributed by atoms with Gasteiger partial charge in [0.15, 0.2) is 0 Å². The van der Waals surface area contributed by atoms with Crippen molar-refractivity contribution in [3.05, 3.63) is 44.9 Å². The molecule has 106 valence electrons. The van der Waals surface area contributed by atoms with E-state index < -0.39 is 0 Å². The van der Waals surface area contributed by atoms with Crippen molar-refractivity contribution in [3.8, 4) is 5.75 Å². The summed E-state index contributed by atoms with van der Waals surface area (Å²) in [5.41, 5.74) is 3.35. The van der Waals surface area contributed by atoms with Crippen LogP contribution in [0.4, 0.5) is 0 Å². The maximum Gasteiger partial charge on any atom is 0.140 e. The van der Waals surface area contributed by atoms with Crippen LogP contribution in [0.2, 0.25) is 0 Å². The summed E-state index contributed by atoms with van der Waals surface area (Å²) in [6.07, 6.45) is 2.62. The Bertz CT molecular complexity index is 601. The fraction of sp³-hybridized carbons (Fsp3) is 0.438. The van der Waals surface area contributed by atoms with Crippen LogP contribution >= 0.6 is 11.3 Å². The van der Waals surface area contributed by atoms with Crippen molar-refractivity contribution < 1.29 is 9.84 Å². The van der Waals surface area contributed by atoms with Gasteiger partial charge in [-0.05, 0) is 56.4 Å². The monoisotopic (exact) mass is 289 g/mol. The first-order valence-corrected chi connectivity index (χ1v) is 7.82. The number of aliphatic hydroxyl groups is 1. The summed E-state index contributed by atoms with van der Waals surface area (Å²) in [5, 5.41) is 11.0. The molecule has 1 aliphatic rings. The van der Waals surface area contributed by atoms with Crippen molar-refractivity contribution in [1.82, 2.24) is 4.98 Å². The number of thiazole rings is 1. The van der Waals surface area contributed by atoms with E-state index in [0.717, 1.165) is 41.3 Å². The van der Waals surface area contributed by atoms with E-state index in [1.165, 1.54) is 10.4 Å². The highest BCUT2D eigenvalue weighted by molar-refractivity contribution is 7.11. The number of aliphatic hydroxyl groups excluding tert-OH is 1. The second-order valence-corrected chi connectivity index (χ2v) is 6.59. The second kappa shape index (κ2) is 5.54. The van der Waals surface area contributed by atoms with Gasteiger partial charge in [0.1, 0.15) is 17.4 Å². The molecule has 0 unspecified atom stereocenters. The van der Waals surface area contributed by atoms with Crippen LogP contribution in [0.25, 0.3) is 0 Å². The van der Waals surface area contributed by atoms with E-state index in [9.17, 15) is 5.11 Å². The summed E-state index contributed by atoms with van der Waals surface area (Å²) in [6.45, 7) is 4.59. The highest BCUT2D eigenvalue weighted by atomic mass is 32.1. The molecular formula is C16H19NO2S. The number of nitrogens with zero attached hydrogens (tertiary/aromatic N) is 1. The van der Waals surface area contributed by atoms with Crippen molar-refractivity contribution in [2.75, 3.05) is 0 Å². The first kappa shape index (κ1) is 13.6. The number of benzene rings is 1.